The third-order valence-electron chi connectivity index (χ3n) is 6.91. The Hall–Kier alpha value is -4.65. The zero-order chi connectivity index (χ0) is 27.1. The molecule has 3 aromatic rings. The number of esters is 2. The number of hydrogen-bond donors (Lipinski definition) is 2. The van der Waals surface area contributed by atoms with E-state index in [1.807, 2.05) is 6.92 Å². The van der Waals surface area contributed by atoms with Gasteiger partial charge in [-0.2, -0.15) is 0 Å². The van der Waals surface area contributed by atoms with E-state index in [0.29, 0.717) is 28.9 Å². The Morgan fingerprint density at radius 1 is 1.26 bits per heavy atom. The van der Waals surface area contributed by atoms with Crippen LogP contribution in [0.4, 0.5) is 0 Å². The van der Waals surface area contributed by atoms with Gasteiger partial charge in [0.1, 0.15) is 18.9 Å². The summed E-state index contributed by atoms with van der Waals surface area (Å²) in [7, 11) is 0. The summed E-state index contributed by atoms with van der Waals surface area (Å²) < 4.78 is 12.2. The highest BCUT2D eigenvalue weighted by molar-refractivity contribution is 5.91. The van der Waals surface area contributed by atoms with Crippen LogP contribution in [0.3, 0.4) is 0 Å². The maximum Gasteiger partial charge on any atom is 0.352 e. The van der Waals surface area contributed by atoms with Crippen molar-refractivity contribution < 1.29 is 29.0 Å². The molecule has 0 saturated carbocycles. The lowest BCUT2D eigenvalue weighted by Crippen LogP contribution is -2.38. The highest BCUT2D eigenvalue weighted by atomic mass is 16.6. The molecule has 0 bridgehead atoms. The van der Waals surface area contributed by atoms with Gasteiger partial charge in [-0.25, -0.2) is 9.78 Å². The van der Waals surface area contributed by atoms with E-state index in [1.165, 1.54) is 0 Å². The van der Waals surface area contributed by atoms with Crippen LogP contribution in [0, 0.1) is 12.3 Å². The van der Waals surface area contributed by atoms with E-state index in [1.54, 1.807) is 29.7 Å². The number of hydrogen-bond acceptors (Lipinski definition) is 8. The fourth-order valence-corrected chi connectivity index (χ4v) is 5.21. The number of benzene rings is 1. The van der Waals surface area contributed by atoms with Gasteiger partial charge in [0, 0.05) is 29.4 Å². The van der Waals surface area contributed by atoms with Crippen LogP contribution in [0.15, 0.2) is 23.0 Å². The van der Waals surface area contributed by atoms with Crippen LogP contribution < -0.4 is 10.9 Å². The normalized spacial score (nSPS) is 15.2. The number of nitrogens with one attached hydrogen (secondary N) is 1. The van der Waals surface area contributed by atoms with E-state index < -0.39 is 30.1 Å². The van der Waals surface area contributed by atoms with Crippen LogP contribution in [-0.2, 0) is 49.9 Å². The minimum atomic E-state index is -1.51. The van der Waals surface area contributed by atoms with Crippen molar-refractivity contribution in [2.24, 2.45) is 0 Å². The zero-order valence-corrected chi connectivity index (χ0v) is 20.9. The minimum absolute atomic E-state index is 0.0437. The Labute approximate surface area is 217 Å². The predicted octanol–water partition coefficient (Wildman–Crippen LogP) is 2.04. The first kappa shape index (κ1) is 25.0. The number of phenolic OH excluding ortho intramolecular Hbond substituents is 1. The second-order valence-corrected chi connectivity index (χ2v) is 9.07. The topological polar surface area (TPSA) is 137 Å². The van der Waals surface area contributed by atoms with Gasteiger partial charge in [-0.15, -0.1) is 12.3 Å². The molecule has 0 saturated heterocycles. The van der Waals surface area contributed by atoms with Crippen LogP contribution in [0.25, 0.3) is 22.3 Å². The first-order chi connectivity index (χ1) is 18.3. The Balaban J connectivity index is 1.71. The molecule has 0 spiro atoms. The summed E-state index contributed by atoms with van der Waals surface area (Å²) in [5.41, 5.74) is 3.92. The second-order valence-electron chi connectivity index (χ2n) is 9.07. The number of fused-ring (bicyclic) bond motifs is 5. The molecule has 2 aliphatic heterocycles. The number of carbonyl (C=O) groups is 3. The maximum absolute atomic E-state index is 13.7. The van der Waals surface area contributed by atoms with Crippen molar-refractivity contribution in [1.82, 2.24) is 14.9 Å². The van der Waals surface area contributed by atoms with E-state index in [4.69, 9.17) is 20.9 Å². The third-order valence-corrected chi connectivity index (χ3v) is 6.91. The number of terminal acetylenes is 1. The van der Waals surface area contributed by atoms with Crippen LogP contribution in [0.1, 0.15) is 54.2 Å². The molecule has 10 nitrogen and oxygen atoms in total. The molecule has 0 fully saturated rings. The lowest BCUT2D eigenvalue weighted by atomic mass is 9.91. The number of ether oxygens (including phenoxy) is 2. The quantitative estimate of drug-likeness (QED) is 0.294. The number of phenols is 1. The monoisotopic (exact) mass is 515 g/mol. The average Bonchev–Trinajstić information content (AvgIpc) is 3.29. The van der Waals surface area contributed by atoms with Gasteiger partial charge < -0.3 is 24.5 Å². The molecule has 5 rings (SSSR count). The van der Waals surface area contributed by atoms with E-state index in [-0.39, 0.29) is 48.8 Å². The number of pyridine rings is 2. The smallest absolute Gasteiger partial charge is 0.352 e. The highest BCUT2D eigenvalue weighted by Crippen LogP contribution is 2.42. The van der Waals surface area contributed by atoms with Gasteiger partial charge in [0.15, 0.2) is 0 Å². The lowest BCUT2D eigenvalue weighted by molar-refractivity contribution is -0.171. The molecule has 1 atom stereocenters. The molecule has 2 aliphatic rings. The summed E-state index contributed by atoms with van der Waals surface area (Å²) >= 11 is 0. The lowest BCUT2D eigenvalue weighted by Gasteiger charge is -2.28. The van der Waals surface area contributed by atoms with Gasteiger partial charge >= 0.3 is 11.9 Å². The molecule has 0 radical (unpaired) electrons. The van der Waals surface area contributed by atoms with E-state index >= 15 is 0 Å². The molecule has 1 amide bonds. The molecule has 2 aromatic heterocycles. The van der Waals surface area contributed by atoms with Crippen LogP contribution in [-0.4, -0.2) is 39.0 Å². The molecule has 4 heterocycles. The van der Waals surface area contributed by atoms with Crippen molar-refractivity contribution in [3.8, 4) is 29.5 Å². The van der Waals surface area contributed by atoms with Gasteiger partial charge in [0.25, 0.3) is 5.56 Å². The number of amides is 1. The SMILES string of the molecule is C#CCc1c2c(c(=O)n3c1-c1nc4ccc(O)cc4c(CC)c1C3)COC(=O)[C@H]2OC(=O)CNC(=O)CC. The zero-order valence-electron chi connectivity index (χ0n) is 20.9. The van der Waals surface area contributed by atoms with E-state index in [0.717, 1.165) is 16.5 Å². The van der Waals surface area contributed by atoms with Crippen molar-refractivity contribution in [2.75, 3.05) is 6.54 Å². The second kappa shape index (κ2) is 9.67. The number of aromatic nitrogens is 2. The largest absolute Gasteiger partial charge is 0.508 e. The summed E-state index contributed by atoms with van der Waals surface area (Å²) in [6.07, 6.45) is 5.06. The van der Waals surface area contributed by atoms with Crippen LogP contribution in [0.5, 0.6) is 5.75 Å². The van der Waals surface area contributed by atoms with Crippen molar-refractivity contribution >= 4 is 28.7 Å². The van der Waals surface area contributed by atoms with Crippen molar-refractivity contribution in [3.05, 3.63) is 56.4 Å². The van der Waals surface area contributed by atoms with Crippen LogP contribution in [0.2, 0.25) is 0 Å². The number of rotatable bonds is 6. The van der Waals surface area contributed by atoms with E-state index in [9.17, 15) is 24.3 Å². The molecule has 38 heavy (non-hydrogen) atoms. The first-order valence-electron chi connectivity index (χ1n) is 12.3. The number of carbonyl (C=O) groups excluding carboxylic acids is 3. The standard InChI is InChI=1S/C28H25N3O7/c1-4-7-16-23-19(13-37-28(36)26(23)38-22(34)11-29-21(33)6-3)27(35)31-12-18-15(5-2)17-10-14(32)8-9-20(17)30-24(18)25(16)31/h1,8-10,26,32H,5-7,11-13H2,2-3H3,(H,29,33)/t26-/m0/s1. The fraction of sp³-hybridized carbons (Fsp3) is 0.321. The van der Waals surface area contributed by atoms with Crippen molar-refractivity contribution in [3.63, 3.8) is 0 Å². The summed E-state index contributed by atoms with van der Waals surface area (Å²) in [6, 6.07) is 4.90. The van der Waals surface area contributed by atoms with E-state index in [2.05, 4.69) is 11.2 Å². The Morgan fingerprint density at radius 3 is 2.76 bits per heavy atom. The summed E-state index contributed by atoms with van der Waals surface area (Å²) in [4.78, 5) is 55.5. The van der Waals surface area contributed by atoms with Crippen LogP contribution >= 0.6 is 0 Å². The number of aromatic hydroxyl groups is 1. The minimum Gasteiger partial charge on any atom is -0.508 e. The van der Waals surface area contributed by atoms with Gasteiger partial charge in [-0.3, -0.25) is 14.4 Å². The van der Waals surface area contributed by atoms with Gasteiger partial charge in [0.05, 0.1) is 29.0 Å². The molecule has 194 valence electrons. The summed E-state index contributed by atoms with van der Waals surface area (Å²) in [5.74, 6) is 0.671. The molecule has 0 unspecified atom stereocenters. The molecule has 1 aromatic carbocycles. The van der Waals surface area contributed by atoms with Crippen molar-refractivity contribution in [2.45, 2.75) is 52.4 Å². The van der Waals surface area contributed by atoms with Gasteiger partial charge in [-0.1, -0.05) is 13.8 Å². The Bertz CT molecular complexity index is 1630. The molecular formula is C28H25N3O7. The summed E-state index contributed by atoms with van der Waals surface area (Å²) in [6.45, 7) is 3.13. The van der Waals surface area contributed by atoms with Gasteiger partial charge in [0.2, 0.25) is 12.0 Å². The van der Waals surface area contributed by atoms with Gasteiger partial charge in [-0.05, 0) is 35.7 Å². The third kappa shape index (κ3) is 3.96. The summed E-state index contributed by atoms with van der Waals surface area (Å²) in [5, 5.41) is 13.3. The number of nitrogens with zero attached hydrogens (tertiary/aromatic N) is 2. The van der Waals surface area contributed by atoms with Crippen molar-refractivity contribution in [1.29, 1.82) is 0 Å². The number of cyclic esters (lactones) is 1. The fourth-order valence-electron chi connectivity index (χ4n) is 5.21. The Morgan fingerprint density at radius 2 is 2.05 bits per heavy atom. The first-order valence-corrected chi connectivity index (χ1v) is 12.3. The molecular weight excluding hydrogens is 490 g/mol. The molecule has 2 N–H and O–H groups in total. The maximum atomic E-state index is 13.7. The number of aryl methyl sites for hydroxylation is 1. The average molecular weight is 516 g/mol. The highest BCUT2D eigenvalue weighted by Gasteiger charge is 2.41. The molecule has 0 aliphatic carbocycles. The predicted molar refractivity (Wildman–Crippen MR) is 136 cm³/mol. The molecule has 10 heteroatoms. The Kier molecular flexibility index (Phi) is 6.36.